The molecule has 0 radical (unpaired) electrons. The van der Waals surface area contributed by atoms with Crippen LogP contribution in [0.3, 0.4) is 0 Å². The van der Waals surface area contributed by atoms with Crippen LogP contribution in [0, 0.1) is 5.92 Å². The lowest BCUT2D eigenvalue weighted by molar-refractivity contribution is -0.241. The molecule has 0 amide bonds. The number of aliphatic hydroxyl groups is 1. The lowest BCUT2D eigenvalue weighted by Gasteiger charge is -2.42. The highest BCUT2D eigenvalue weighted by atomic mass is 35.5. The van der Waals surface area contributed by atoms with Gasteiger partial charge in [0, 0.05) is 34.0 Å². The van der Waals surface area contributed by atoms with E-state index in [0.717, 1.165) is 48.4 Å². The van der Waals surface area contributed by atoms with Crippen molar-refractivity contribution < 1.29 is 29.5 Å². The molecule has 2 aromatic heterocycles. The number of aliphatic hydroxyl groups excluding tert-OH is 1. The molecule has 0 atom stereocenters. The standard InChI is InChI=1S/C28H34ClNO6S2/c1-30(12-5-13-35-24-17-23(34-2)19(18-31)16-22(24)29)21-10-8-20(9-11-21)28(27(32)36-33,25-6-3-14-37-25)26-7-4-15-38-26/h3-4,6-7,14-17,20-21,31,33H,5,8-13,18H2,1-2H3/t20-,21-. The van der Waals surface area contributed by atoms with Crippen molar-refractivity contribution >= 4 is 40.2 Å². The van der Waals surface area contributed by atoms with E-state index in [1.54, 1.807) is 19.2 Å². The van der Waals surface area contributed by atoms with E-state index in [9.17, 15) is 15.2 Å². The second-order valence-corrected chi connectivity index (χ2v) is 11.9. The highest BCUT2D eigenvalue weighted by Crippen LogP contribution is 2.50. The molecule has 4 rings (SSSR count). The molecule has 3 aromatic rings. The van der Waals surface area contributed by atoms with Crippen LogP contribution >= 0.6 is 34.3 Å². The second kappa shape index (κ2) is 13.3. The van der Waals surface area contributed by atoms with Gasteiger partial charge in [-0.3, -0.25) is 4.89 Å². The molecule has 1 aromatic carbocycles. The van der Waals surface area contributed by atoms with Gasteiger partial charge in [-0.15, -0.1) is 22.7 Å². The van der Waals surface area contributed by atoms with Gasteiger partial charge in [0.25, 0.3) is 0 Å². The van der Waals surface area contributed by atoms with Crippen LogP contribution in [0.4, 0.5) is 0 Å². The summed E-state index contributed by atoms with van der Waals surface area (Å²) in [4.78, 5) is 21.9. The SMILES string of the molecule is COc1cc(OCCCN(C)[C@H]2CC[C@H](C(C(=O)OO)(c3cccs3)c3cccs3)CC2)c(Cl)cc1CO. The van der Waals surface area contributed by atoms with Crippen LogP contribution in [-0.2, 0) is 21.7 Å². The Hall–Kier alpha value is -2.14. The van der Waals surface area contributed by atoms with Gasteiger partial charge in [-0.1, -0.05) is 23.7 Å². The first-order valence-corrected chi connectivity index (χ1v) is 14.8. The number of methoxy groups -OCH3 is 1. The van der Waals surface area contributed by atoms with E-state index >= 15 is 0 Å². The number of benzene rings is 1. The van der Waals surface area contributed by atoms with Gasteiger partial charge < -0.3 is 19.5 Å². The Balaban J connectivity index is 1.35. The molecule has 0 spiro atoms. The van der Waals surface area contributed by atoms with Crippen LogP contribution in [0.15, 0.2) is 47.2 Å². The van der Waals surface area contributed by atoms with E-state index < -0.39 is 11.4 Å². The first-order chi connectivity index (χ1) is 18.4. The molecule has 0 saturated heterocycles. The number of nitrogens with zero attached hydrogens (tertiary/aromatic N) is 1. The van der Waals surface area contributed by atoms with Crippen LogP contribution in [0.1, 0.15) is 47.4 Å². The van der Waals surface area contributed by atoms with Crippen LogP contribution in [0.2, 0.25) is 5.02 Å². The maximum Gasteiger partial charge on any atom is 0.358 e. The summed E-state index contributed by atoms with van der Waals surface area (Å²) in [5.74, 6) is 0.523. The van der Waals surface area contributed by atoms with Gasteiger partial charge in [-0.05, 0) is 74.0 Å². The van der Waals surface area contributed by atoms with Crippen molar-refractivity contribution in [3.05, 3.63) is 67.5 Å². The number of ether oxygens (including phenoxy) is 2. The molecule has 0 unspecified atom stereocenters. The van der Waals surface area contributed by atoms with Gasteiger partial charge in [-0.25, -0.2) is 4.79 Å². The number of hydrogen-bond acceptors (Lipinski definition) is 9. The van der Waals surface area contributed by atoms with Crippen molar-refractivity contribution in [2.45, 2.75) is 50.2 Å². The lowest BCUT2D eigenvalue weighted by Crippen LogP contribution is -2.47. The Labute approximate surface area is 236 Å². The van der Waals surface area contributed by atoms with E-state index in [0.29, 0.717) is 34.7 Å². The monoisotopic (exact) mass is 579 g/mol. The van der Waals surface area contributed by atoms with Gasteiger partial charge in [0.1, 0.15) is 16.9 Å². The van der Waals surface area contributed by atoms with Crippen molar-refractivity contribution in [3.63, 3.8) is 0 Å². The predicted molar refractivity (Wildman–Crippen MR) is 151 cm³/mol. The van der Waals surface area contributed by atoms with Gasteiger partial charge in [0.2, 0.25) is 0 Å². The number of thiophene rings is 2. The number of carbonyl (C=O) groups is 1. The van der Waals surface area contributed by atoms with Crippen molar-refractivity contribution in [1.29, 1.82) is 0 Å². The largest absolute Gasteiger partial charge is 0.496 e. The molecule has 0 aliphatic heterocycles. The second-order valence-electron chi connectivity index (χ2n) is 9.58. The van der Waals surface area contributed by atoms with Crippen molar-refractivity contribution in [2.75, 3.05) is 27.3 Å². The summed E-state index contributed by atoms with van der Waals surface area (Å²) in [5.41, 5.74) is -0.366. The van der Waals surface area contributed by atoms with Crippen molar-refractivity contribution in [1.82, 2.24) is 4.90 Å². The number of hydrogen-bond donors (Lipinski definition) is 2. The molecule has 38 heavy (non-hydrogen) atoms. The number of carbonyl (C=O) groups excluding carboxylic acids is 1. The van der Waals surface area contributed by atoms with Gasteiger partial charge in [-0.2, -0.15) is 5.26 Å². The normalized spacial score (nSPS) is 17.9. The molecule has 0 bridgehead atoms. The third-order valence-electron chi connectivity index (χ3n) is 7.57. The highest BCUT2D eigenvalue weighted by Gasteiger charge is 2.53. The summed E-state index contributed by atoms with van der Waals surface area (Å²) in [5, 5.41) is 23.3. The van der Waals surface area contributed by atoms with Gasteiger partial charge in [0.05, 0.1) is 25.3 Å². The topological polar surface area (TPSA) is 88.5 Å². The van der Waals surface area contributed by atoms with E-state index in [-0.39, 0.29) is 12.5 Å². The Kier molecular flexibility index (Phi) is 10.1. The lowest BCUT2D eigenvalue weighted by atomic mass is 9.66. The minimum absolute atomic E-state index is 0.0337. The molecule has 10 heteroatoms. The summed E-state index contributed by atoms with van der Waals surface area (Å²) in [6, 6.07) is 11.6. The van der Waals surface area contributed by atoms with Crippen LogP contribution in [0.25, 0.3) is 0 Å². The maximum atomic E-state index is 13.2. The molecule has 1 aliphatic carbocycles. The zero-order chi connectivity index (χ0) is 27.1. The fourth-order valence-corrected chi connectivity index (χ4v) is 7.92. The molecule has 206 valence electrons. The van der Waals surface area contributed by atoms with E-state index in [4.69, 9.17) is 21.1 Å². The Morgan fingerprint density at radius 3 is 2.29 bits per heavy atom. The zero-order valence-electron chi connectivity index (χ0n) is 21.6. The average Bonchev–Trinajstić information content (AvgIpc) is 3.68. The zero-order valence-corrected chi connectivity index (χ0v) is 24.0. The molecular formula is C28H34ClNO6S2. The Morgan fingerprint density at radius 1 is 1.11 bits per heavy atom. The fourth-order valence-electron chi connectivity index (χ4n) is 5.60. The number of halogens is 1. The molecule has 7 nitrogen and oxygen atoms in total. The van der Waals surface area contributed by atoms with E-state index in [1.807, 2.05) is 35.0 Å². The summed E-state index contributed by atoms with van der Waals surface area (Å²) in [6.07, 6.45) is 4.42. The minimum atomic E-state index is -0.986. The molecule has 2 N–H and O–H groups in total. The quantitative estimate of drug-likeness (QED) is 0.149. The molecule has 1 aliphatic rings. The van der Waals surface area contributed by atoms with Crippen molar-refractivity contribution in [2.24, 2.45) is 5.92 Å². The Morgan fingerprint density at radius 2 is 1.76 bits per heavy atom. The molecule has 1 saturated carbocycles. The molecule has 1 fully saturated rings. The minimum Gasteiger partial charge on any atom is -0.496 e. The summed E-state index contributed by atoms with van der Waals surface area (Å²) in [7, 11) is 3.68. The first kappa shape index (κ1) is 28.9. The highest BCUT2D eigenvalue weighted by molar-refractivity contribution is 7.12. The molecular weight excluding hydrogens is 546 g/mol. The smallest absolute Gasteiger partial charge is 0.358 e. The van der Waals surface area contributed by atoms with Crippen LogP contribution in [0.5, 0.6) is 11.5 Å². The van der Waals surface area contributed by atoms with Gasteiger partial charge in [0.15, 0.2) is 0 Å². The summed E-state index contributed by atoms with van der Waals surface area (Å²) >= 11 is 9.37. The van der Waals surface area contributed by atoms with Crippen LogP contribution < -0.4 is 9.47 Å². The van der Waals surface area contributed by atoms with E-state index in [2.05, 4.69) is 16.8 Å². The summed E-state index contributed by atoms with van der Waals surface area (Å²) < 4.78 is 11.2. The Bertz CT molecular complexity index is 1130. The van der Waals surface area contributed by atoms with Crippen molar-refractivity contribution in [3.8, 4) is 11.5 Å². The summed E-state index contributed by atoms with van der Waals surface area (Å²) in [6.45, 7) is 1.21. The van der Waals surface area contributed by atoms with Crippen LogP contribution in [-0.4, -0.2) is 54.6 Å². The first-order valence-electron chi connectivity index (χ1n) is 12.7. The fraction of sp³-hybridized carbons (Fsp3) is 0.464. The van der Waals surface area contributed by atoms with E-state index in [1.165, 1.54) is 22.7 Å². The maximum absolute atomic E-state index is 13.2. The van der Waals surface area contributed by atoms with Gasteiger partial charge >= 0.3 is 5.97 Å². The average molecular weight is 580 g/mol. The molecule has 2 heterocycles. The third-order valence-corrected chi connectivity index (χ3v) is 9.88. The third kappa shape index (κ3) is 5.88. The number of rotatable bonds is 12. The predicted octanol–water partition coefficient (Wildman–Crippen LogP) is 6.23.